The molecule has 1 aliphatic heterocycles. The number of nitrogens with one attached hydrogen (secondary N) is 1. The lowest BCUT2D eigenvalue weighted by Gasteiger charge is -2.19. The highest BCUT2D eigenvalue weighted by molar-refractivity contribution is 6.32. The lowest BCUT2D eigenvalue weighted by atomic mass is 10.1. The predicted octanol–water partition coefficient (Wildman–Crippen LogP) is 2.60. The van der Waals surface area contributed by atoms with Crippen molar-refractivity contribution in [3.8, 4) is 0 Å². The van der Waals surface area contributed by atoms with Crippen molar-refractivity contribution in [3.05, 3.63) is 34.3 Å². The Morgan fingerprint density at radius 1 is 1.45 bits per heavy atom. The first-order valence-electron chi connectivity index (χ1n) is 6.59. The molecule has 1 aliphatic rings. The summed E-state index contributed by atoms with van der Waals surface area (Å²) in [5, 5.41) is 2.10. The number of hydrogen-bond acceptors (Lipinski definition) is 2. The zero-order chi connectivity index (χ0) is 16.5. The first-order valence-corrected chi connectivity index (χ1v) is 6.97. The number of carbonyl (C=O) groups excluding carboxylic acids is 2. The summed E-state index contributed by atoms with van der Waals surface area (Å²) in [5.41, 5.74) is -0.758. The van der Waals surface area contributed by atoms with Crippen LogP contribution in [0.4, 0.5) is 13.2 Å². The van der Waals surface area contributed by atoms with Crippen LogP contribution in [0, 0.1) is 0 Å². The van der Waals surface area contributed by atoms with E-state index in [1.165, 1.54) is 24.1 Å². The van der Waals surface area contributed by atoms with E-state index in [4.69, 9.17) is 11.6 Å². The molecule has 2 rings (SSSR count). The van der Waals surface area contributed by atoms with Crippen molar-refractivity contribution in [1.29, 1.82) is 0 Å². The van der Waals surface area contributed by atoms with E-state index in [0.717, 1.165) is 6.07 Å². The normalized spacial score (nSPS) is 18.7. The molecule has 4 nitrogen and oxygen atoms in total. The summed E-state index contributed by atoms with van der Waals surface area (Å²) < 4.78 is 38.3. The lowest BCUT2D eigenvalue weighted by molar-refractivity contribution is -0.137. The van der Waals surface area contributed by atoms with Gasteiger partial charge in [-0.1, -0.05) is 23.7 Å². The zero-order valence-corrected chi connectivity index (χ0v) is 12.5. The highest BCUT2D eigenvalue weighted by Gasteiger charge is 2.35. The maximum absolute atomic E-state index is 12.8. The van der Waals surface area contributed by atoms with E-state index in [1.807, 2.05) is 0 Å². The first kappa shape index (κ1) is 16.6. The van der Waals surface area contributed by atoms with E-state index >= 15 is 0 Å². The fourth-order valence-corrected chi connectivity index (χ4v) is 2.65. The summed E-state index contributed by atoms with van der Waals surface area (Å²) >= 11 is 5.75. The van der Waals surface area contributed by atoms with Crippen molar-refractivity contribution in [2.24, 2.45) is 0 Å². The Kier molecular flexibility index (Phi) is 4.65. The van der Waals surface area contributed by atoms with Crippen LogP contribution in [0.2, 0.25) is 5.02 Å². The van der Waals surface area contributed by atoms with Gasteiger partial charge >= 0.3 is 6.18 Å². The molecule has 0 saturated carbocycles. The van der Waals surface area contributed by atoms with E-state index in [2.05, 4.69) is 5.32 Å². The van der Waals surface area contributed by atoms with Crippen LogP contribution in [0.25, 0.3) is 0 Å². The molecule has 22 heavy (non-hydrogen) atoms. The summed E-state index contributed by atoms with van der Waals surface area (Å²) in [6.07, 6.45) is -3.86. The number of likely N-dealkylation sites (N-methyl/N-ethyl adjacent to an activating group) is 1. The number of carbonyl (C=O) groups is 2. The maximum Gasteiger partial charge on any atom is 0.417 e. The Balaban J connectivity index is 2.06. The van der Waals surface area contributed by atoms with Gasteiger partial charge in [-0.2, -0.15) is 13.2 Å². The molecule has 0 radical (unpaired) electrons. The van der Waals surface area contributed by atoms with Crippen molar-refractivity contribution >= 4 is 23.4 Å². The molecule has 0 bridgehead atoms. The molecule has 0 aromatic heterocycles. The third-order valence-electron chi connectivity index (χ3n) is 3.63. The van der Waals surface area contributed by atoms with Gasteiger partial charge in [0.25, 0.3) is 0 Å². The standard InChI is InChI=1S/C14H14ClF3N2O2/c1-20-10(5-6-11(20)21)13(22)19-7-8-3-2-4-9(12(8)15)14(16,17)18/h2-4,10H,5-7H2,1H3,(H,19,22)/t10-/m1/s1. The highest BCUT2D eigenvalue weighted by Crippen LogP contribution is 2.36. The number of likely N-dealkylation sites (tertiary alicyclic amines) is 1. The van der Waals surface area contributed by atoms with Crippen molar-refractivity contribution in [2.75, 3.05) is 7.05 Å². The Hall–Kier alpha value is -1.76. The highest BCUT2D eigenvalue weighted by atomic mass is 35.5. The van der Waals surface area contributed by atoms with Crippen LogP contribution in [0.3, 0.4) is 0 Å². The van der Waals surface area contributed by atoms with Gasteiger partial charge in [-0.3, -0.25) is 9.59 Å². The third kappa shape index (κ3) is 3.35. The first-order chi connectivity index (χ1) is 10.2. The van der Waals surface area contributed by atoms with Gasteiger partial charge in [-0.15, -0.1) is 0 Å². The number of amides is 2. The number of nitrogens with zero attached hydrogens (tertiary/aromatic N) is 1. The van der Waals surface area contributed by atoms with Crippen molar-refractivity contribution < 1.29 is 22.8 Å². The number of halogens is 4. The zero-order valence-electron chi connectivity index (χ0n) is 11.7. The van der Waals surface area contributed by atoms with Crippen LogP contribution < -0.4 is 5.32 Å². The number of benzene rings is 1. The second kappa shape index (κ2) is 6.16. The fraction of sp³-hybridized carbons (Fsp3) is 0.429. The summed E-state index contributed by atoms with van der Waals surface area (Å²) in [7, 11) is 1.52. The summed E-state index contributed by atoms with van der Waals surface area (Å²) in [6, 6.07) is 2.96. The molecule has 0 spiro atoms. The summed E-state index contributed by atoms with van der Waals surface area (Å²) in [4.78, 5) is 24.7. The van der Waals surface area contributed by atoms with Gasteiger partial charge in [-0.05, 0) is 18.1 Å². The van der Waals surface area contributed by atoms with Crippen LogP contribution in [-0.2, 0) is 22.3 Å². The van der Waals surface area contributed by atoms with Crippen molar-refractivity contribution in [3.63, 3.8) is 0 Å². The summed E-state index contributed by atoms with van der Waals surface area (Å²) in [5.74, 6) is -0.529. The molecular weight excluding hydrogens is 321 g/mol. The van der Waals surface area contributed by atoms with Gasteiger partial charge < -0.3 is 10.2 Å². The lowest BCUT2D eigenvalue weighted by Crippen LogP contribution is -2.42. The minimum absolute atomic E-state index is 0.125. The van der Waals surface area contributed by atoms with Crippen LogP contribution in [-0.4, -0.2) is 29.8 Å². The van der Waals surface area contributed by atoms with Gasteiger partial charge in [-0.25, -0.2) is 0 Å². The van der Waals surface area contributed by atoms with Gasteiger partial charge in [0.1, 0.15) is 6.04 Å². The van der Waals surface area contributed by atoms with Crippen LogP contribution >= 0.6 is 11.6 Å². The average molecular weight is 335 g/mol. The van der Waals surface area contributed by atoms with Gasteiger partial charge in [0.15, 0.2) is 0 Å². The van der Waals surface area contributed by atoms with E-state index < -0.39 is 28.7 Å². The van der Waals surface area contributed by atoms with Crippen LogP contribution in [0.15, 0.2) is 18.2 Å². The monoisotopic (exact) mass is 334 g/mol. The maximum atomic E-state index is 12.8. The molecule has 0 unspecified atom stereocenters. The molecule has 1 aromatic carbocycles. The Bertz CT molecular complexity index is 604. The number of hydrogen-bond donors (Lipinski definition) is 1. The quantitative estimate of drug-likeness (QED) is 0.923. The Labute approximate surface area is 130 Å². The molecule has 1 atom stereocenters. The molecule has 120 valence electrons. The predicted molar refractivity (Wildman–Crippen MR) is 74.1 cm³/mol. The smallest absolute Gasteiger partial charge is 0.350 e. The van der Waals surface area contributed by atoms with Crippen molar-refractivity contribution in [2.45, 2.75) is 31.6 Å². The molecular formula is C14H14ClF3N2O2. The van der Waals surface area contributed by atoms with Gasteiger partial charge in [0.2, 0.25) is 11.8 Å². The Morgan fingerprint density at radius 3 is 2.68 bits per heavy atom. The van der Waals surface area contributed by atoms with Crippen molar-refractivity contribution in [1.82, 2.24) is 10.2 Å². The molecule has 1 aromatic rings. The van der Waals surface area contributed by atoms with E-state index in [0.29, 0.717) is 12.8 Å². The fourth-order valence-electron chi connectivity index (χ4n) is 2.35. The third-order valence-corrected chi connectivity index (χ3v) is 4.08. The molecule has 1 N–H and O–H groups in total. The summed E-state index contributed by atoms with van der Waals surface area (Å²) in [6.45, 7) is -0.125. The Morgan fingerprint density at radius 2 is 2.14 bits per heavy atom. The molecule has 1 fully saturated rings. The average Bonchev–Trinajstić information content (AvgIpc) is 2.76. The van der Waals surface area contributed by atoms with E-state index in [1.54, 1.807) is 0 Å². The van der Waals surface area contributed by atoms with Gasteiger partial charge in [0.05, 0.1) is 10.6 Å². The van der Waals surface area contributed by atoms with Crippen LogP contribution in [0.1, 0.15) is 24.0 Å². The van der Waals surface area contributed by atoms with E-state index in [9.17, 15) is 22.8 Å². The van der Waals surface area contributed by atoms with E-state index in [-0.39, 0.29) is 18.0 Å². The minimum atomic E-state index is -4.55. The second-order valence-electron chi connectivity index (χ2n) is 5.05. The number of rotatable bonds is 3. The molecule has 1 heterocycles. The molecule has 8 heteroatoms. The van der Waals surface area contributed by atoms with Crippen LogP contribution in [0.5, 0.6) is 0 Å². The molecule has 1 saturated heterocycles. The number of alkyl halides is 3. The molecule has 2 amide bonds. The SMILES string of the molecule is CN1C(=O)CC[C@@H]1C(=O)NCc1cccc(C(F)(F)F)c1Cl. The topological polar surface area (TPSA) is 49.4 Å². The largest absolute Gasteiger partial charge is 0.417 e. The minimum Gasteiger partial charge on any atom is -0.350 e. The molecule has 0 aliphatic carbocycles. The second-order valence-corrected chi connectivity index (χ2v) is 5.43. The van der Waals surface area contributed by atoms with Gasteiger partial charge in [0, 0.05) is 20.0 Å².